The molecule has 1 fully saturated rings. The predicted octanol–water partition coefficient (Wildman–Crippen LogP) is 0.0577. The van der Waals surface area contributed by atoms with Crippen molar-refractivity contribution in [3.8, 4) is 0 Å². The van der Waals surface area contributed by atoms with E-state index in [0.717, 1.165) is 0 Å². The van der Waals surface area contributed by atoms with E-state index >= 15 is 0 Å². The highest BCUT2D eigenvalue weighted by Gasteiger charge is 2.31. The SMILES string of the molecule is O=C1OC(CO)CC1Br. The summed E-state index contributed by atoms with van der Waals surface area (Å²) in [6, 6.07) is 0. The lowest BCUT2D eigenvalue weighted by molar-refractivity contribution is -0.142. The van der Waals surface area contributed by atoms with Gasteiger partial charge >= 0.3 is 5.97 Å². The fourth-order valence-corrected chi connectivity index (χ4v) is 1.25. The number of ether oxygens (including phenoxy) is 1. The Morgan fingerprint density at radius 3 is 2.78 bits per heavy atom. The van der Waals surface area contributed by atoms with Gasteiger partial charge in [-0.1, -0.05) is 15.9 Å². The maximum atomic E-state index is 10.6. The molecule has 0 aliphatic carbocycles. The summed E-state index contributed by atoms with van der Waals surface area (Å²) in [5.74, 6) is -0.269. The highest BCUT2D eigenvalue weighted by atomic mass is 79.9. The Morgan fingerprint density at radius 1 is 1.89 bits per heavy atom. The Bertz CT molecular complexity index is 125. The summed E-state index contributed by atoms with van der Waals surface area (Å²) in [5, 5.41) is 8.50. The Labute approximate surface area is 61.1 Å². The lowest BCUT2D eigenvalue weighted by Gasteiger charge is -2.00. The molecule has 0 spiro atoms. The van der Waals surface area contributed by atoms with Gasteiger partial charge in [-0.3, -0.25) is 4.79 Å². The van der Waals surface area contributed by atoms with Crippen LogP contribution in [0, 0.1) is 0 Å². The van der Waals surface area contributed by atoms with Gasteiger partial charge in [0.15, 0.2) is 0 Å². The van der Waals surface area contributed by atoms with E-state index in [2.05, 4.69) is 20.7 Å². The molecule has 1 saturated heterocycles. The fourth-order valence-electron chi connectivity index (χ4n) is 0.725. The Kier molecular flexibility index (Phi) is 2.08. The number of carbonyl (C=O) groups excluding carboxylic acids is 1. The van der Waals surface area contributed by atoms with Gasteiger partial charge in [0.1, 0.15) is 10.9 Å². The van der Waals surface area contributed by atoms with Crippen LogP contribution >= 0.6 is 15.9 Å². The Balaban J connectivity index is 2.44. The van der Waals surface area contributed by atoms with Crippen molar-refractivity contribution in [2.75, 3.05) is 6.61 Å². The van der Waals surface area contributed by atoms with E-state index in [9.17, 15) is 4.79 Å². The molecule has 2 atom stereocenters. The van der Waals surface area contributed by atoms with E-state index in [1.165, 1.54) is 0 Å². The number of rotatable bonds is 1. The molecule has 52 valence electrons. The molecule has 2 unspecified atom stereocenters. The third-order valence-corrected chi connectivity index (χ3v) is 1.96. The largest absolute Gasteiger partial charge is 0.459 e. The molecule has 3 nitrogen and oxygen atoms in total. The van der Waals surface area contributed by atoms with E-state index in [-0.39, 0.29) is 23.5 Å². The van der Waals surface area contributed by atoms with Crippen LogP contribution in [0.25, 0.3) is 0 Å². The van der Waals surface area contributed by atoms with Gasteiger partial charge in [0.05, 0.1) is 6.61 Å². The number of aliphatic hydroxyl groups is 1. The van der Waals surface area contributed by atoms with Crippen LogP contribution in [-0.2, 0) is 9.53 Å². The molecule has 1 N–H and O–H groups in total. The molecule has 0 amide bonds. The first-order chi connectivity index (χ1) is 4.24. The van der Waals surface area contributed by atoms with Crippen LogP contribution in [0.15, 0.2) is 0 Å². The van der Waals surface area contributed by atoms with Gasteiger partial charge in [0.25, 0.3) is 0 Å². The highest BCUT2D eigenvalue weighted by Crippen LogP contribution is 2.20. The second kappa shape index (κ2) is 2.66. The van der Waals surface area contributed by atoms with Gasteiger partial charge in [-0.25, -0.2) is 0 Å². The molecule has 1 rings (SSSR count). The first kappa shape index (κ1) is 7.02. The van der Waals surface area contributed by atoms with Crippen molar-refractivity contribution in [3.05, 3.63) is 0 Å². The van der Waals surface area contributed by atoms with Crippen molar-refractivity contribution in [1.29, 1.82) is 0 Å². The summed E-state index contributed by atoms with van der Waals surface area (Å²) in [6.07, 6.45) is 0.289. The third kappa shape index (κ3) is 1.43. The number of cyclic esters (lactones) is 1. The van der Waals surface area contributed by atoms with Gasteiger partial charge < -0.3 is 9.84 Å². The van der Waals surface area contributed by atoms with Crippen molar-refractivity contribution in [1.82, 2.24) is 0 Å². The number of hydrogen-bond acceptors (Lipinski definition) is 3. The average molecular weight is 195 g/mol. The number of aliphatic hydroxyl groups excluding tert-OH is 1. The van der Waals surface area contributed by atoms with Crippen LogP contribution in [0.3, 0.4) is 0 Å². The van der Waals surface area contributed by atoms with Gasteiger partial charge in [-0.15, -0.1) is 0 Å². The average Bonchev–Trinajstić information content (AvgIpc) is 2.13. The van der Waals surface area contributed by atoms with E-state index in [4.69, 9.17) is 5.11 Å². The lowest BCUT2D eigenvalue weighted by atomic mass is 10.2. The van der Waals surface area contributed by atoms with E-state index < -0.39 is 0 Å². The zero-order valence-corrected chi connectivity index (χ0v) is 6.30. The first-order valence-electron chi connectivity index (χ1n) is 2.69. The summed E-state index contributed by atoms with van der Waals surface area (Å²) >= 11 is 3.10. The molecule has 1 aliphatic rings. The minimum absolute atomic E-state index is 0.0756. The molecule has 0 aromatic carbocycles. The summed E-state index contributed by atoms with van der Waals surface area (Å²) in [4.78, 5) is 10.3. The molecule has 0 saturated carbocycles. The van der Waals surface area contributed by atoms with Crippen LogP contribution in [0.2, 0.25) is 0 Å². The molecule has 1 heterocycles. The van der Waals surface area contributed by atoms with Crippen molar-refractivity contribution in [2.24, 2.45) is 0 Å². The van der Waals surface area contributed by atoms with Crippen molar-refractivity contribution in [2.45, 2.75) is 17.4 Å². The Hall–Kier alpha value is -0.0900. The molecule has 0 bridgehead atoms. The maximum absolute atomic E-state index is 10.6. The highest BCUT2D eigenvalue weighted by molar-refractivity contribution is 9.10. The van der Waals surface area contributed by atoms with Gasteiger partial charge in [0, 0.05) is 6.42 Å². The summed E-state index contributed by atoms with van der Waals surface area (Å²) in [5.41, 5.74) is 0. The summed E-state index contributed by atoms with van der Waals surface area (Å²) < 4.78 is 4.69. The molecule has 9 heavy (non-hydrogen) atoms. The molecule has 0 aromatic heterocycles. The predicted molar refractivity (Wildman–Crippen MR) is 34.3 cm³/mol. The van der Waals surface area contributed by atoms with Crippen LogP contribution in [0.4, 0.5) is 0 Å². The zero-order chi connectivity index (χ0) is 6.85. The number of carbonyl (C=O) groups is 1. The summed E-state index contributed by atoms with van der Waals surface area (Å²) in [6.45, 7) is -0.0756. The van der Waals surface area contributed by atoms with Crippen LogP contribution < -0.4 is 0 Å². The van der Waals surface area contributed by atoms with Gasteiger partial charge in [-0.2, -0.15) is 0 Å². The number of hydrogen-bond donors (Lipinski definition) is 1. The molecule has 0 radical (unpaired) electrons. The second-order valence-corrected chi connectivity index (χ2v) is 3.05. The zero-order valence-electron chi connectivity index (χ0n) is 4.71. The normalized spacial score (nSPS) is 34.7. The van der Waals surface area contributed by atoms with E-state index in [1.54, 1.807) is 0 Å². The smallest absolute Gasteiger partial charge is 0.320 e. The minimum atomic E-state index is -0.290. The Morgan fingerprint density at radius 2 is 2.56 bits per heavy atom. The number of alkyl halides is 1. The fraction of sp³-hybridized carbons (Fsp3) is 0.800. The van der Waals surface area contributed by atoms with E-state index in [0.29, 0.717) is 6.42 Å². The molecule has 4 heteroatoms. The van der Waals surface area contributed by atoms with Crippen LogP contribution in [0.5, 0.6) is 0 Å². The van der Waals surface area contributed by atoms with E-state index in [1.807, 2.05) is 0 Å². The minimum Gasteiger partial charge on any atom is -0.459 e. The van der Waals surface area contributed by atoms with Crippen molar-refractivity contribution >= 4 is 21.9 Å². The standard InChI is InChI=1S/C5H7BrO3/c6-4-1-3(2-7)9-5(4)8/h3-4,7H,1-2H2. The van der Waals surface area contributed by atoms with Crippen LogP contribution in [-0.4, -0.2) is 28.6 Å². The molecular weight excluding hydrogens is 188 g/mol. The summed E-state index contributed by atoms with van der Waals surface area (Å²) in [7, 11) is 0. The quantitative estimate of drug-likeness (QED) is 0.475. The number of halogens is 1. The lowest BCUT2D eigenvalue weighted by Crippen LogP contribution is -2.10. The molecular formula is C5H7BrO3. The van der Waals surface area contributed by atoms with Gasteiger partial charge in [-0.05, 0) is 0 Å². The topological polar surface area (TPSA) is 46.5 Å². The maximum Gasteiger partial charge on any atom is 0.320 e. The number of esters is 1. The van der Waals surface area contributed by atoms with Crippen molar-refractivity contribution in [3.63, 3.8) is 0 Å². The van der Waals surface area contributed by atoms with Crippen LogP contribution in [0.1, 0.15) is 6.42 Å². The second-order valence-electron chi connectivity index (χ2n) is 1.94. The first-order valence-corrected chi connectivity index (χ1v) is 3.61. The van der Waals surface area contributed by atoms with Gasteiger partial charge in [0.2, 0.25) is 0 Å². The van der Waals surface area contributed by atoms with Crippen molar-refractivity contribution < 1.29 is 14.6 Å². The molecule has 0 aromatic rings. The third-order valence-electron chi connectivity index (χ3n) is 1.21. The molecule has 1 aliphatic heterocycles. The monoisotopic (exact) mass is 194 g/mol.